The van der Waals surface area contributed by atoms with Crippen LogP contribution in [-0.4, -0.2) is 70.9 Å². The van der Waals surface area contributed by atoms with Crippen LogP contribution < -0.4 is 20.1 Å². The van der Waals surface area contributed by atoms with E-state index in [0.717, 1.165) is 43.9 Å². The number of amides is 1. The van der Waals surface area contributed by atoms with Gasteiger partial charge in [-0.1, -0.05) is 24.0 Å². The molecule has 0 unspecified atom stereocenters. The van der Waals surface area contributed by atoms with Crippen LogP contribution in [0.5, 0.6) is 5.75 Å². The maximum Gasteiger partial charge on any atom is 0.422 e. The molecule has 0 atom stereocenters. The molecule has 1 aliphatic carbocycles. The Morgan fingerprint density at radius 1 is 1.04 bits per heavy atom. The molecule has 0 spiro atoms. The molecule has 0 aliphatic heterocycles. The van der Waals surface area contributed by atoms with Crippen molar-refractivity contribution in [1.82, 2.24) is 9.62 Å². The van der Waals surface area contributed by atoms with E-state index in [1.165, 1.54) is 4.72 Å². The maximum absolute atomic E-state index is 14.8. The largest absolute Gasteiger partial charge is 0.482 e. The molecule has 8 nitrogen and oxygen atoms in total. The summed E-state index contributed by atoms with van der Waals surface area (Å²) in [6.07, 6.45) is -6.87. The second-order valence-electron chi connectivity index (χ2n) is 11.5. The highest BCUT2D eigenvalue weighted by atomic mass is 32.2. The van der Waals surface area contributed by atoms with E-state index in [2.05, 4.69) is 27.4 Å². The SMILES string of the molecule is CC(=O)NS(=O)(=O)c1cc(OCC(F)(F)F)c(NCC#Cc2sc3c(NC4CCC(N(C)C)CC4)cccc3c2CC(F)(F)F)cc1F. The molecule has 1 aliphatic rings. The highest BCUT2D eigenvalue weighted by molar-refractivity contribution is 7.90. The summed E-state index contributed by atoms with van der Waals surface area (Å²) in [4.78, 5) is 12.4. The molecule has 1 aromatic heterocycles. The Labute approximate surface area is 277 Å². The third kappa shape index (κ3) is 9.89. The number of nitrogens with one attached hydrogen (secondary N) is 3. The maximum atomic E-state index is 14.8. The van der Waals surface area contributed by atoms with Gasteiger partial charge in [0.1, 0.15) is 16.5 Å². The van der Waals surface area contributed by atoms with E-state index in [0.29, 0.717) is 33.9 Å². The number of sulfonamides is 1. The number of benzene rings is 2. The van der Waals surface area contributed by atoms with Gasteiger partial charge < -0.3 is 20.3 Å². The van der Waals surface area contributed by atoms with E-state index in [4.69, 9.17) is 4.74 Å². The molecule has 4 rings (SSSR count). The Morgan fingerprint density at radius 3 is 2.33 bits per heavy atom. The van der Waals surface area contributed by atoms with Crippen LogP contribution in [0.4, 0.5) is 42.1 Å². The average molecular weight is 723 g/mol. The van der Waals surface area contributed by atoms with Crippen molar-refractivity contribution >= 4 is 48.7 Å². The van der Waals surface area contributed by atoms with Gasteiger partial charge in [-0.05, 0) is 56.8 Å². The molecule has 1 fully saturated rings. The topological polar surface area (TPSA) is 99.8 Å². The summed E-state index contributed by atoms with van der Waals surface area (Å²) in [6.45, 7) is -1.40. The van der Waals surface area contributed by atoms with Crippen molar-refractivity contribution < 1.29 is 48.7 Å². The molecule has 48 heavy (non-hydrogen) atoms. The summed E-state index contributed by atoms with van der Waals surface area (Å²) in [5.74, 6) is 2.14. The summed E-state index contributed by atoms with van der Waals surface area (Å²) in [5, 5.41) is 6.42. The second kappa shape index (κ2) is 14.8. The molecule has 3 N–H and O–H groups in total. The van der Waals surface area contributed by atoms with Crippen molar-refractivity contribution in [3.05, 3.63) is 46.6 Å². The first-order chi connectivity index (χ1) is 22.3. The summed E-state index contributed by atoms with van der Waals surface area (Å²) in [6, 6.07) is 6.72. The normalized spacial score (nSPS) is 17.1. The zero-order valence-electron chi connectivity index (χ0n) is 26.0. The van der Waals surface area contributed by atoms with Gasteiger partial charge in [0.25, 0.3) is 10.0 Å². The number of thiophene rings is 1. The number of fused-ring (bicyclic) bond motifs is 1. The van der Waals surface area contributed by atoms with Gasteiger partial charge in [-0.3, -0.25) is 4.79 Å². The Balaban J connectivity index is 1.62. The van der Waals surface area contributed by atoms with E-state index in [1.54, 1.807) is 18.2 Å². The Morgan fingerprint density at radius 2 is 1.73 bits per heavy atom. The molecule has 3 aromatic rings. The van der Waals surface area contributed by atoms with Crippen molar-refractivity contribution in [3.63, 3.8) is 0 Å². The molecule has 2 aromatic carbocycles. The van der Waals surface area contributed by atoms with Crippen LogP contribution >= 0.6 is 11.3 Å². The standard InChI is InChI=1S/C31H33F7N4O4S2/c1-18(43)41-48(44,45)28-15-26(46-17-31(36,37)38)25(14-23(28)32)39-13-5-8-27-22(16-30(33,34)35)21-6-4-7-24(29(21)47-27)40-19-9-11-20(12-10-19)42(2)3/h4,6-7,14-15,19-20,39-40H,9-13,16-17H2,1-3H3,(H,41,43). The molecule has 17 heteroatoms. The number of anilines is 2. The predicted molar refractivity (Wildman–Crippen MR) is 169 cm³/mol. The monoisotopic (exact) mass is 722 g/mol. The lowest BCUT2D eigenvalue weighted by molar-refractivity contribution is -0.153. The van der Waals surface area contributed by atoms with E-state index < -0.39 is 63.5 Å². The van der Waals surface area contributed by atoms with Gasteiger partial charge in [-0.25, -0.2) is 17.5 Å². The molecule has 0 radical (unpaired) electrons. The lowest BCUT2D eigenvalue weighted by Gasteiger charge is -2.33. The van der Waals surface area contributed by atoms with Gasteiger partial charge in [-0.15, -0.1) is 11.3 Å². The Hall–Kier alpha value is -3.75. The van der Waals surface area contributed by atoms with Gasteiger partial charge >= 0.3 is 12.4 Å². The molecule has 1 heterocycles. The Kier molecular flexibility index (Phi) is 11.4. The fourth-order valence-electron chi connectivity index (χ4n) is 5.38. The molecule has 262 valence electrons. The number of carbonyl (C=O) groups is 1. The molecular formula is C31H33F7N4O4S2. The summed E-state index contributed by atoms with van der Waals surface area (Å²) < 4.78 is 126. The van der Waals surface area contributed by atoms with Crippen LogP contribution in [0.3, 0.4) is 0 Å². The molecule has 0 bridgehead atoms. The van der Waals surface area contributed by atoms with E-state index in [1.807, 2.05) is 14.1 Å². The van der Waals surface area contributed by atoms with Crippen molar-refractivity contribution in [2.24, 2.45) is 0 Å². The number of ether oxygens (including phenoxy) is 1. The van der Waals surface area contributed by atoms with Crippen molar-refractivity contribution in [1.29, 1.82) is 0 Å². The lowest BCUT2D eigenvalue weighted by atomic mass is 9.90. The van der Waals surface area contributed by atoms with Crippen molar-refractivity contribution in [2.75, 3.05) is 37.9 Å². The van der Waals surface area contributed by atoms with Gasteiger partial charge in [0, 0.05) is 31.1 Å². The highest BCUT2D eigenvalue weighted by Gasteiger charge is 2.32. The minimum absolute atomic E-state index is 0.0252. The van der Waals surface area contributed by atoms with Gasteiger partial charge in [0.05, 0.1) is 33.9 Å². The third-order valence-corrected chi connectivity index (χ3v) is 10.2. The van der Waals surface area contributed by atoms with Crippen LogP contribution in [0.25, 0.3) is 10.1 Å². The van der Waals surface area contributed by atoms with Gasteiger partial charge in [-0.2, -0.15) is 26.3 Å². The number of alkyl halides is 6. The smallest absolute Gasteiger partial charge is 0.422 e. The van der Waals surface area contributed by atoms with Crippen LogP contribution in [0.15, 0.2) is 35.2 Å². The minimum atomic E-state index is -4.84. The first-order valence-corrected chi connectivity index (χ1v) is 17.0. The summed E-state index contributed by atoms with van der Waals surface area (Å²) >= 11 is 1.07. The van der Waals surface area contributed by atoms with Crippen LogP contribution in [0.1, 0.15) is 43.0 Å². The number of carbonyl (C=O) groups excluding carboxylic acids is 1. The molecular weight excluding hydrogens is 689 g/mol. The summed E-state index contributed by atoms with van der Waals surface area (Å²) in [5.41, 5.74) is 0.259. The fraction of sp³-hybridized carbons (Fsp3) is 0.452. The third-order valence-electron chi connectivity index (χ3n) is 7.54. The van der Waals surface area contributed by atoms with Crippen molar-refractivity contribution in [3.8, 4) is 17.6 Å². The zero-order valence-corrected chi connectivity index (χ0v) is 27.7. The first-order valence-electron chi connectivity index (χ1n) is 14.7. The lowest BCUT2D eigenvalue weighted by Crippen LogP contribution is -2.36. The quantitative estimate of drug-likeness (QED) is 0.159. The second-order valence-corrected chi connectivity index (χ2v) is 14.2. The van der Waals surface area contributed by atoms with Gasteiger partial charge in [0.2, 0.25) is 5.91 Å². The number of hydrogen-bond donors (Lipinski definition) is 3. The first kappa shape index (κ1) is 37.1. The van der Waals surface area contributed by atoms with Gasteiger partial charge in [0.15, 0.2) is 6.61 Å². The number of nitrogens with zero attached hydrogens (tertiary/aromatic N) is 1. The number of halogens is 7. The highest BCUT2D eigenvalue weighted by Crippen LogP contribution is 2.40. The van der Waals surface area contributed by atoms with Crippen LogP contribution in [0, 0.1) is 17.7 Å². The van der Waals surface area contributed by atoms with E-state index in [9.17, 15) is 43.9 Å². The van der Waals surface area contributed by atoms with E-state index >= 15 is 0 Å². The summed E-state index contributed by atoms with van der Waals surface area (Å²) in [7, 11) is -0.725. The molecule has 1 amide bonds. The van der Waals surface area contributed by atoms with Crippen molar-refractivity contribution in [2.45, 2.75) is 68.4 Å². The molecule has 0 saturated heterocycles. The number of hydrogen-bond acceptors (Lipinski definition) is 8. The average Bonchev–Trinajstić information content (AvgIpc) is 3.30. The fourth-order valence-corrected chi connectivity index (χ4v) is 7.62. The zero-order chi connectivity index (χ0) is 35.4. The molecule has 1 saturated carbocycles. The van der Waals surface area contributed by atoms with E-state index in [-0.39, 0.29) is 23.0 Å². The minimum Gasteiger partial charge on any atom is -0.482 e. The Bertz CT molecular complexity index is 1810. The van der Waals surface area contributed by atoms with Crippen LogP contribution in [0.2, 0.25) is 0 Å². The van der Waals surface area contributed by atoms with Crippen LogP contribution in [-0.2, 0) is 21.2 Å². The number of rotatable bonds is 10. The predicted octanol–water partition coefficient (Wildman–Crippen LogP) is 6.66.